The lowest BCUT2D eigenvalue weighted by molar-refractivity contribution is 0.0697. The van der Waals surface area contributed by atoms with Gasteiger partial charge >= 0.3 is 5.97 Å². The number of carbonyl (C=O) groups is 1. The number of pyridine rings is 1. The molecular formula is C13H10ClFN2O2. The molecule has 0 radical (unpaired) electrons. The molecule has 1 aromatic heterocycles. The third kappa shape index (κ3) is 2.82. The molecule has 2 N–H and O–H groups in total. The Bertz CT molecular complexity index is 626. The zero-order valence-electron chi connectivity index (χ0n) is 9.95. The largest absolute Gasteiger partial charge is 0.478 e. The van der Waals surface area contributed by atoms with Gasteiger partial charge in [-0.1, -0.05) is 23.7 Å². The minimum atomic E-state index is -1.26. The molecule has 0 saturated carbocycles. The molecule has 98 valence electrons. The number of carboxylic acid groups (broad SMARTS) is 1. The van der Waals surface area contributed by atoms with Crippen LogP contribution in [0.5, 0.6) is 0 Å². The standard InChI is InChI=1S/C13H10ClFN2O2/c1-7-3-2-4-10(14)11(7)17-12-9(13(18)19)5-8(15)6-16-12/h2-6H,1H3,(H,16,17)(H,18,19). The number of aromatic nitrogens is 1. The Morgan fingerprint density at radius 3 is 2.84 bits per heavy atom. The molecule has 6 heteroatoms. The molecule has 0 bridgehead atoms. The van der Waals surface area contributed by atoms with Gasteiger partial charge in [0.15, 0.2) is 0 Å². The number of para-hydroxylation sites is 1. The summed E-state index contributed by atoms with van der Waals surface area (Å²) in [6.45, 7) is 1.82. The molecule has 2 rings (SSSR count). The van der Waals surface area contributed by atoms with Crippen molar-refractivity contribution in [1.29, 1.82) is 0 Å². The molecule has 0 aliphatic heterocycles. The molecule has 0 aliphatic carbocycles. The van der Waals surface area contributed by atoms with Gasteiger partial charge in [-0.15, -0.1) is 0 Å². The van der Waals surface area contributed by atoms with E-state index in [1.807, 2.05) is 13.0 Å². The number of benzene rings is 1. The Labute approximate surface area is 113 Å². The lowest BCUT2D eigenvalue weighted by atomic mass is 10.2. The minimum absolute atomic E-state index is 0.0464. The van der Waals surface area contributed by atoms with E-state index in [-0.39, 0.29) is 11.4 Å². The summed E-state index contributed by atoms with van der Waals surface area (Å²) in [5, 5.41) is 12.3. The van der Waals surface area contributed by atoms with E-state index in [2.05, 4.69) is 10.3 Å². The van der Waals surface area contributed by atoms with Gasteiger partial charge in [-0.25, -0.2) is 14.2 Å². The van der Waals surface area contributed by atoms with Crippen LogP contribution in [0.3, 0.4) is 0 Å². The van der Waals surface area contributed by atoms with Crippen molar-refractivity contribution < 1.29 is 14.3 Å². The molecule has 4 nitrogen and oxygen atoms in total. The Balaban J connectivity index is 2.47. The van der Waals surface area contributed by atoms with E-state index in [1.165, 1.54) is 0 Å². The molecule has 0 fully saturated rings. The van der Waals surface area contributed by atoms with Gasteiger partial charge in [-0.05, 0) is 24.6 Å². The van der Waals surface area contributed by atoms with Crippen LogP contribution in [0.15, 0.2) is 30.5 Å². The van der Waals surface area contributed by atoms with E-state index < -0.39 is 11.8 Å². The first-order chi connectivity index (χ1) is 8.99. The first-order valence-corrected chi connectivity index (χ1v) is 5.78. The number of nitrogens with zero attached hydrogens (tertiary/aromatic N) is 1. The van der Waals surface area contributed by atoms with Crippen molar-refractivity contribution >= 4 is 29.1 Å². The fourth-order valence-electron chi connectivity index (χ4n) is 1.61. The summed E-state index contributed by atoms with van der Waals surface area (Å²) in [4.78, 5) is 14.8. The fraction of sp³-hybridized carbons (Fsp3) is 0.0769. The second kappa shape index (κ2) is 5.24. The van der Waals surface area contributed by atoms with Crippen LogP contribution in [0.4, 0.5) is 15.9 Å². The smallest absolute Gasteiger partial charge is 0.339 e. The summed E-state index contributed by atoms with van der Waals surface area (Å²) in [6.07, 6.45) is 0.945. The molecule has 1 heterocycles. The number of carboxylic acids is 1. The van der Waals surface area contributed by atoms with Gasteiger partial charge in [0.05, 0.1) is 16.9 Å². The normalized spacial score (nSPS) is 10.3. The average molecular weight is 281 g/mol. The highest BCUT2D eigenvalue weighted by Gasteiger charge is 2.14. The number of nitrogens with one attached hydrogen (secondary N) is 1. The Hall–Kier alpha value is -2.14. The molecule has 1 aromatic carbocycles. The van der Waals surface area contributed by atoms with Crippen molar-refractivity contribution in [3.8, 4) is 0 Å². The molecule has 0 saturated heterocycles. The maximum Gasteiger partial charge on any atom is 0.339 e. The minimum Gasteiger partial charge on any atom is -0.478 e. The van der Waals surface area contributed by atoms with Crippen LogP contribution in [0.2, 0.25) is 5.02 Å². The average Bonchev–Trinajstić information content (AvgIpc) is 2.35. The van der Waals surface area contributed by atoms with Crippen LogP contribution in [0.1, 0.15) is 15.9 Å². The monoisotopic (exact) mass is 280 g/mol. The number of halogens is 2. The third-order valence-electron chi connectivity index (χ3n) is 2.55. The zero-order valence-corrected chi connectivity index (χ0v) is 10.7. The van der Waals surface area contributed by atoms with E-state index in [0.29, 0.717) is 10.7 Å². The van der Waals surface area contributed by atoms with E-state index in [4.69, 9.17) is 16.7 Å². The second-order valence-corrected chi connectivity index (χ2v) is 4.32. The van der Waals surface area contributed by atoms with Gasteiger partial charge in [-0.3, -0.25) is 0 Å². The first-order valence-electron chi connectivity index (χ1n) is 5.40. The highest BCUT2D eigenvalue weighted by atomic mass is 35.5. The number of aromatic carboxylic acids is 1. The van der Waals surface area contributed by atoms with Gasteiger partial charge in [0, 0.05) is 0 Å². The van der Waals surface area contributed by atoms with Crippen LogP contribution < -0.4 is 5.32 Å². The third-order valence-corrected chi connectivity index (χ3v) is 2.87. The molecular weight excluding hydrogens is 271 g/mol. The van der Waals surface area contributed by atoms with E-state index in [0.717, 1.165) is 17.8 Å². The van der Waals surface area contributed by atoms with Crippen LogP contribution in [0, 0.1) is 12.7 Å². The lowest BCUT2D eigenvalue weighted by Crippen LogP contribution is -2.06. The van der Waals surface area contributed by atoms with Crippen LogP contribution in [-0.4, -0.2) is 16.1 Å². The molecule has 0 unspecified atom stereocenters. The van der Waals surface area contributed by atoms with Gasteiger partial charge in [0.1, 0.15) is 17.2 Å². The molecule has 19 heavy (non-hydrogen) atoms. The Morgan fingerprint density at radius 1 is 1.47 bits per heavy atom. The molecule has 0 spiro atoms. The van der Waals surface area contributed by atoms with Crippen LogP contribution in [-0.2, 0) is 0 Å². The highest BCUT2D eigenvalue weighted by molar-refractivity contribution is 6.33. The Kier molecular flexibility index (Phi) is 3.66. The molecule has 0 aliphatic rings. The number of anilines is 2. The lowest BCUT2D eigenvalue weighted by Gasteiger charge is -2.12. The van der Waals surface area contributed by atoms with E-state index >= 15 is 0 Å². The maximum atomic E-state index is 13.0. The summed E-state index contributed by atoms with van der Waals surface area (Å²) in [5.74, 6) is -1.93. The number of rotatable bonds is 3. The van der Waals surface area contributed by atoms with Gasteiger partial charge < -0.3 is 10.4 Å². The topological polar surface area (TPSA) is 62.2 Å². The van der Waals surface area contributed by atoms with E-state index in [9.17, 15) is 9.18 Å². The van der Waals surface area contributed by atoms with Crippen LogP contribution in [0.25, 0.3) is 0 Å². The number of aryl methyl sites for hydroxylation is 1. The van der Waals surface area contributed by atoms with Crippen molar-refractivity contribution in [2.45, 2.75) is 6.92 Å². The van der Waals surface area contributed by atoms with Crippen molar-refractivity contribution in [1.82, 2.24) is 4.98 Å². The van der Waals surface area contributed by atoms with E-state index in [1.54, 1.807) is 12.1 Å². The van der Waals surface area contributed by atoms with Gasteiger partial charge in [0.25, 0.3) is 0 Å². The highest BCUT2D eigenvalue weighted by Crippen LogP contribution is 2.29. The second-order valence-electron chi connectivity index (χ2n) is 3.91. The predicted molar refractivity (Wildman–Crippen MR) is 70.6 cm³/mol. The first kappa shape index (κ1) is 13.3. The SMILES string of the molecule is Cc1cccc(Cl)c1Nc1ncc(F)cc1C(=O)O. The fourth-order valence-corrected chi connectivity index (χ4v) is 1.88. The summed E-state index contributed by atoms with van der Waals surface area (Å²) < 4.78 is 13.0. The summed E-state index contributed by atoms with van der Waals surface area (Å²) in [5.41, 5.74) is 1.13. The van der Waals surface area contributed by atoms with Crippen molar-refractivity contribution in [2.75, 3.05) is 5.32 Å². The Morgan fingerprint density at radius 2 is 2.21 bits per heavy atom. The maximum absolute atomic E-state index is 13.0. The van der Waals surface area contributed by atoms with Gasteiger partial charge in [0.2, 0.25) is 0 Å². The summed E-state index contributed by atoms with van der Waals surface area (Å²) in [6, 6.07) is 6.17. The van der Waals surface area contributed by atoms with Crippen molar-refractivity contribution in [3.05, 3.63) is 52.4 Å². The van der Waals surface area contributed by atoms with Crippen LogP contribution >= 0.6 is 11.6 Å². The van der Waals surface area contributed by atoms with Gasteiger partial charge in [-0.2, -0.15) is 0 Å². The number of hydrogen-bond donors (Lipinski definition) is 2. The van der Waals surface area contributed by atoms with Crippen molar-refractivity contribution in [2.24, 2.45) is 0 Å². The molecule has 2 aromatic rings. The summed E-state index contributed by atoms with van der Waals surface area (Å²) >= 11 is 6.03. The summed E-state index contributed by atoms with van der Waals surface area (Å²) in [7, 11) is 0. The number of hydrogen-bond acceptors (Lipinski definition) is 3. The zero-order chi connectivity index (χ0) is 14.0. The molecule has 0 atom stereocenters. The molecule has 0 amide bonds. The van der Waals surface area contributed by atoms with Crippen molar-refractivity contribution in [3.63, 3.8) is 0 Å². The predicted octanol–water partition coefficient (Wildman–Crippen LogP) is 3.62. The quantitative estimate of drug-likeness (QED) is 0.901.